The Morgan fingerprint density at radius 1 is 0.897 bits per heavy atom. The number of benzene rings is 1. The first-order valence-electron chi connectivity index (χ1n) is 13.4. The van der Waals surface area contributed by atoms with Gasteiger partial charge in [0.25, 0.3) is 0 Å². The fraction of sp³-hybridized carbons (Fsp3) is 0.242. The predicted octanol–water partition coefficient (Wildman–Crippen LogP) is 5.68. The van der Waals surface area contributed by atoms with Crippen molar-refractivity contribution in [3.8, 4) is 0 Å². The van der Waals surface area contributed by atoms with Gasteiger partial charge in [-0.15, -0.1) is 0 Å². The largest absolute Gasteiger partial charge is 0.383 e. The zero-order chi connectivity index (χ0) is 27.1. The summed E-state index contributed by atoms with van der Waals surface area (Å²) >= 11 is 0. The van der Waals surface area contributed by atoms with E-state index in [9.17, 15) is 0 Å². The van der Waals surface area contributed by atoms with Crippen molar-refractivity contribution < 1.29 is 0 Å². The lowest BCUT2D eigenvalue weighted by atomic mass is 10.1. The second-order valence-electron chi connectivity index (χ2n) is 9.64. The summed E-state index contributed by atoms with van der Waals surface area (Å²) in [7, 11) is 0. The lowest BCUT2D eigenvalue weighted by molar-refractivity contribution is 0.240. The SMILES string of the molecule is C=N/C(=C\C=C/C)CN(Cc1cccc(CN(Cc2ccccn2)CC2C=CC=CN2)c1)Cc1ccccn1. The molecule has 1 unspecified atom stereocenters. The van der Waals surface area contributed by atoms with Gasteiger partial charge in [0.05, 0.1) is 23.1 Å². The molecule has 0 aliphatic carbocycles. The summed E-state index contributed by atoms with van der Waals surface area (Å²) in [6.45, 7) is 10.5. The Bertz CT molecular complexity index is 1280. The number of dihydropyridines is 1. The fourth-order valence-corrected chi connectivity index (χ4v) is 4.61. The van der Waals surface area contributed by atoms with Gasteiger partial charge in [0.2, 0.25) is 0 Å². The molecule has 0 bridgehead atoms. The molecule has 0 saturated heterocycles. The molecule has 0 fully saturated rings. The molecule has 3 heterocycles. The first kappa shape index (κ1) is 27.9. The normalized spacial score (nSPS) is 15.3. The van der Waals surface area contributed by atoms with Crippen LogP contribution in [0.15, 0.2) is 126 Å². The average molecular weight is 519 g/mol. The third-order valence-corrected chi connectivity index (χ3v) is 6.41. The van der Waals surface area contributed by atoms with E-state index in [4.69, 9.17) is 0 Å². The highest BCUT2D eigenvalue weighted by Gasteiger charge is 2.15. The van der Waals surface area contributed by atoms with Crippen LogP contribution in [-0.4, -0.2) is 45.6 Å². The molecular formula is C33H38N6. The highest BCUT2D eigenvalue weighted by Crippen LogP contribution is 2.16. The maximum Gasteiger partial charge on any atom is 0.0569 e. The second kappa shape index (κ2) is 15.3. The van der Waals surface area contributed by atoms with Gasteiger partial charge in [-0.25, -0.2) is 0 Å². The fourth-order valence-electron chi connectivity index (χ4n) is 4.61. The van der Waals surface area contributed by atoms with Gasteiger partial charge in [0.1, 0.15) is 0 Å². The molecule has 0 radical (unpaired) electrons. The van der Waals surface area contributed by atoms with Gasteiger partial charge < -0.3 is 5.32 Å². The molecule has 4 rings (SSSR count). The summed E-state index contributed by atoms with van der Waals surface area (Å²) in [5.41, 5.74) is 5.58. The predicted molar refractivity (Wildman–Crippen MR) is 161 cm³/mol. The minimum Gasteiger partial charge on any atom is -0.383 e. The van der Waals surface area contributed by atoms with E-state index in [0.29, 0.717) is 6.54 Å². The van der Waals surface area contributed by atoms with E-state index in [1.54, 1.807) is 0 Å². The number of aromatic nitrogens is 2. The van der Waals surface area contributed by atoms with Gasteiger partial charge in [-0.05, 0) is 67.4 Å². The van der Waals surface area contributed by atoms with E-state index < -0.39 is 0 Å². The van der Waals surface area contributed by atoms with Crippen LogP contribution in [0.5, 0.6) is 0 Å². The molecule has 2 aromatic heterocycles. The summed E-state index contributed by atoms with van der Waals surface area (Å²) in [5.74, 6) is 0. The van der Waals surface area contributed by atoms with Gasteiger partial charge in [-0.1, -0.05) is 60.7 Å². The smallest absolute Gasteiger partial charge is 0.0569 e. The number of hydrogen-bond donors (Lipinski definition) is 1. The van der Waals surface area contributed by atoms with Crippen LogP contribution >= 0.6 is 0 Å². The second-order valence-corrected chi connectivity index (χ2v) is 9.64. The Labute approximate surface area is 232 Å². The topological polar surface area (TPSA) is 56.6 Å². The van der Waals surface area contributed by atoms with Crippen molar-refractivity contribution in [3.05, 3.63) is 144 Å². The van der Waals surface area contributed by atoms with Crippen molar-refractivity contribution in [3.63, 3.8) is 0 Å². The zero-order valence-electron chi connectivity index (χ0n) is 22.7. The molecule has 6 nitrogen and oxygen atoms in total. The van der Waals surface area contributed by atoms with Gasteiger partial charge >= 0.3 is 0 Å². The molecule has 0 amide bonds. The minimum absolute atomic E-state index is 0.268. The highest BCUT2D eigenvalue weighted by atomic mass is 15.2. The van der Waals surface area contributed by atoms with Crippen LogP contribution in [0.1, 0.15) is 29.4 Å². The molecule has 1 atom stereocenters. The number of aliphatic imine (C=N–C) groups is 1. The van der Waals surface area contributed by atoms with E-state index in [1.807, 2.05) is 68.0 Å². The third kappa shape index (κ3) is 9.60. The molecule has 1 N–H and O–H groups in total. The molecule has 6 heteroatoms. The highest BCUT2D eigenvalue weighted by molar-refractivity contribution is 5.31. The molecule has 1 aliphatic heterocycles. The van der Waals surface area contributed by atoms with Crippen molar-refractivity contribution in [2.75, 3.05) is 13.1 Å². The number of nitrogens with zero attached hydrogens (tertiary/aromatic N) is 5. The number of pyridine rings is 2. The van der Waals surface area contributed by atoms with Crippen molar-refractivity contribution in [1.82, 2.24) is 25.1 Å². The lowest BCUT2D eigenvalue weighted by Gasteiger charge is -2.27. The average Bonchev–Trinajstić information content (AvgIpc) is 2.97. The maximum atomic E-state index is 4.58. The zero-order valence-corrected chi connectivity index (χ0v) is 22.7. The van der Waals surface area contributed by atoms with E-state index in [1.165, 1.54) is 11.1 Å². The van der Waals surface area contributed by atoms with Crippen LogP contribution in [0.25, 0.3) is 0 Å². The molecule has 39 heavy (non-hydrogen) atoms. The van der Waals surface area contributed by atoms with Crippen molar-refractivity contribution >= 4 is 6.72 Å². The first-order chi connectivity index (χ1) is 19.2. The van der Waals surface area contributed by atoms with Crippen molar-refractivity contribution in [1.29, 1.82) is 0 Å². The standard InChI is InChI=1S/C33H38N6/c1-3-4-14-30(34-2)24-38(25-31-15-5-8-18-35-31)22-28-12-11-13-29(21-28)23-39(26-32-16-6-9-19-36-32)27-33-17-7-10-20-37-33/h3-21,32,36H,2,22-27H2,1H3/b4-3-,30-14-. The van der Waals surface area contributed by atoms with Gasteiger partial charge in [-0.3, -0.25) is 24.8 Å². The molecular weight excluding hydrogens is 480 g/mol. The first-order valence-corrected chi connectivity index (χ1v) is 13.4. The number of allylic oxidation sites excluding steroid dienone is 5. The van der Waals surface area contributed by atoms with Crippen LogP contribution in [0.4, 0.5) is 0 Å². The van der Waals surface area contributed by atoms with Gasteiger partial charge in [0, 0.05) is 51.7 Å². The van der Waals surface area contributed by atoms with E-state index in [2.05, 4.69) is 91.4 Å². The number of rotatable bonds is 14. The summed E-state index contributed by atoms with van der Waals surface area (Å²) in [6.07, 6.45) is 18.1. The van der Waals surface area contributed by atoms with Gasteiger partial charge in [-0.2, -0.15) is 0 Å². The maximum absolute atomic E-state index is 4.58. The molecule has 1 aromatic carbocycles. The molecule has 1 aliphatic rings. The molecule has 200 valence electrons. The van der Waals surface area contributed by atoms with Crippen LogP contribution in [0, 0.1) is 0 Å². The van der Waals surface area contributed by atoms with Gasteiger partial charge in [0.15, 0.2) is 0 Å². The Balaban J connectivity index is 1.50. The van der Waals surface area contributed by atoms with E-state index in [-0.39, 0.29) is 6.04 Å². The van der Waals surface area contributed by atoms with E-state index in [0.717, 1.165) is 49.8 Å². The lowest BCUT2D eigenvalue weighted by Crippen LogP contribution is -2.38. The Hall–Kier alpha value is -4.13. The summed E-state index contributed by atoms with van der Waals surface area (Å²) < 4.78 is 0. The number of hydrogen-bond acceptors (Lipinski definition) is 6. The molecule has 0 saturated carbocycles. The molecule has 0 spiro atoms. The van der Waals surface area contributed by atoms with Crippen LogP contribution < -0.4 is 5.32 Å². The summed E-state index contributed by atoms with van der Waals surface area (Å²) in [6, 6.07) is 21.3. The summed E-state index contributed by atoms with van der Waals surface area (Å²) in [4.78, 5) is 18.2. The van der Waals surface area contributed by atoms with Crippen molar-refractivity contribution in [2.45, 2.75) is 39.1 Å². The van der Waals surface area contributed by atoms with Crippen LogP contribution in [-0.2, 0) is 26.2 Å². The minimum atomic E-state index is 0.268. The molecule has 3 aromatic rings. The quantitative estimate of drug-likeness (QED) is 0.220. The Kier molecular flexibility index (Phi) is 11.0. The Morgan fingerprint density at radius 3 is 2.18 bits per heavy atom. The van der Waals surface area contributed by atoms with Crippen molar-refractivity contribution in [2.24, 2.45) is 4.99 Å². The van der Waals surface area contributed by atoms with Crippen LogP contribution in [0.3, 0.4) is 0 Å². The number of nitrogens with one attached hydrogen (secondary N) is 1. The van der Waals surface area contributed by atoms with Crippen LogP contribution in [0.2, 0.25) is 0 Å². The monoisotopic (exact) mass is 518 g/mol. The van der Waals surface area contributed by atoms with E-state index >= 15 is 0 Å². The summed E-state index contributed by atoms with van der Waals surface area (Å²) in [5, 5.41) is 3.45. The third-order valence-electron chi connectivity index (χ3n) is 6.41. The Morgan fingerprint density at radius 2 is 1.59 bits per heavy atom.